The Kier molecular flexibility index (Phi) is 10.9. The standard InChI is InChI=1S/C17H26O8/c1-5-13(18)23-11-12-24-15(20)9-8-14(19)22-10-6-7-16(21)25-17(2,3)4/h5H,1,6-12H2,2-4H3. The van der Waals surface area contributed by atoms with Crippen LogP contribution < -0.4 is 0 Å². The van der Waals surface area contributed by atoms with Crippen LogP contribution >= 0.6 is 0 Å². The lowest BCUT2D eigenvalue weighted by Gasteiger charge is -2.19. The second kappa shape index (κ2) is 12.0. The molecule has 0 spiro atoms. The Morgan fingerprint density at radius 3 is 1.84 bits per heavy atom. The zero-order valence-electron chi connectivity index (χ0n) is 15.0. The number of rotatable bonds is 11. The summed E-state index contributed by atoms with van der Waals surface area (Å²) < 4.78 is 19.4. The Morgan fingerprint density at radius 2 is 1.32 bits per heavy atom. The number of esters is 4. The molecule has 0 fully saturated rings. The second-order valence-corrected chi connectivity index (χ2v) is 6.00. The Balaban J connectivity index is 3.66. The predicted octanol–water partition coefficient (Wildman–Crippen LogP) is 1.70. The van der Waals surface area contributed by atoms with Crippen LogP contribution in [0.5, 0.6) is 0 Å². The highest BCUT2D eigenvalue weighted by Gasteiger charge is 2.16. The lowest BCUT2D eigenvalue weighted by atomic mass is 10.2. The predicted molar refractivity (Wildman–Crippen MR) is 87.4 cm³/mol. The molecule has 0 radical (unpaired) electrons. The van der Waals surface area contributed by atoms with Gasteiger partial charge in [-0.3, -0.25) is 14.4 Å². The molecule has 0 aliphatic rings. The van der Waals surface area contributed by atoms with E-state index < -0.39 is 23.5 Å². The van der Waals surface area contributed by atoms with Crippen molar-refractivity contribution in [2.45, 2.75) is 52.1 Å². The van der Waals surface area contributed by atoms with Gasteiger partial charge in [0, 0.05) is 12.5 Å². The summed E-state index contributed by atoms with van der Waals surface area (Å²) in [6.45, 7) is 8.44. The van der Waals surface area contributed by atoms with Gasteiger partial charge in [-0.2, -0.15) is 0 Å². The van der Waals surface area contributed by atoms with Gasteiger partial charge < -0.3 is 18.9 Å². The highest BCUT2D eigenvalue weighted by molar-refractivity contribution is 5.81. The van der Waals surface area contributed by atoms with E-state index in [4.69, 9.17) is 14.2 Å². The first kappa shape index (κ1) is 22.6. The molecule has 0 aromatic rings. The quantitative estimate of drug-likeness (QED) is 0.238. The summed E-state index contributed by atoms with van der Waals surface area (Å²) in [7, 11) is 0. The summed E-state index contributed by atoms with van der Waals surface area (Å²) in [6.07, 6.45) is 1.23. The fourth-order valence-corrected chi connectivity index (χ4v) is 1.50. The lowest BCUT2D eigenvalue weighted by Crippen LogP contribution is -2.24. The smallest absolute Gasteiger partial charge is 0.330 e. The van der Waals surface area contributed by atoms with E-state index in [-0.39, 0.29) is 45.1 Å². The third-order valence-corrected chi connectivity index (χ3v) is 2.50. The largest absolute Gasteiger partial charge is 0.466 e. The van der Waals surface area contributed by atoms with Crippen molar-refractivity contribution in [3.05, 3.63) is 12.7 Å². The number of carbonyl (C=O) groups is 4. The molecule has 0 aromatic carbocycles. The summed E-state index contributed by atoms with van der Waals surface area (Å²) >= 11 is 0. The molecule has 0 saturated carbocycles. The first-order valence-corrected chi connectivity index (χ1v) is 7.96. The van der Waals surface area contributed by atoms with Crippen molar-refractivity contribution in [2.24, 2.45) is 0 Å². The lowest BCUT2D eigenvalue weighted by molar-refractivity contribution is -0.156. The first-order valence-electron chi connectivity index (χ1n) is 7.96. The van der Waals surface area contributed by atoms with Gasteiger partial charge >= 0.3 is 23.9 Å². The minimum atomic E-state index is -0.606. The average molecular weight is 358 g/mol. The van der Waals surface area contributed by atoms with Crippen LogP contribution in [0.1, 0.15) is 46.5 Å². The Hall–Kier alpha value is -2.38. The molecule has 0 aromatic heterocycles. The van der Waals surface area contributed by atoms with Crippen LogP contribution in [-0.2, 0) is 38.1 Å². The maximum absolute atomic E-state index is 11.5. The minimum Gasteiger partial charge on any atom is -0.466 e. The maximum Gasteiger partial charge on any atom is 0.330 e. The van der Waals surface area contributed by atoms with Crippen molar-refractivity contribution in [1.82, 2.24) is 0 Å². The van der Waals surface area contributed by atoms with Crippen molar-refractivity contribution >= 4 is 23.9 Å². The molecule has 0 atom stereocenters. The van der Waals surface area contributed by atoms with E-state index in [1.807, 2.05) is 0 Å². The van der Waals surface area contributed by atoms with Crippen LogP contribution in [0.2, 0.25) is 0 Å². The van der Waals surface area contributed by atoms with Gasteiger partial charge in [-0.15, -0.1) is 0 Å². The summed E-state index contributed by atoms with van der Waals surface area (Å²) in [5, 5.41) is 0. The monoisotopic (exact) mass is 358 g/mol. The van der Waals surface area contributed by atoms with E-state index in [0.717, 1.165) is 6.08 Å². The van der Waals surface area contributed by atoms with Gasteiger partial charge in [-0.25, -0.2) is 4.79 Å². The molecular formula is C17H26O8. The highest BCUT2D eigenvalue weighted by atomic mass is 16.6. The number of ether oxygens (including phenoxy) is 4. The first-order chi connectivity index (χ1) is 11.6. The van der Waals surface area contributed by atoms with Gasteiger partial charge in [0.2, 0.25) is 0 Å². The molecule has 0 rings (SSSR count). The molecule has 0 amide bonds. The van der Waals surface area contributed by atoms with Crippen molar-refractivity contribution in [2.75, 3.05) is 19.8 Å². The van der Waals surface area contributed by atoms with Crippen LogP contribution in [0.4, 0.5) is 0 Å². The van der Waals surface area contributed by atoms with Crippen LogP contribution in [0.15, 0.2) is 12.7 Å². The fourth-order valence-electron chi connectivity index (χ4n) is 1.50. The highest BCUT2D eigenvalue weighted by Crippen LogP contribution is 2.09. The third-order valence-electron chi connectivity index (χ3n) is 2.50. The van der Waals surface area contributed by atoms with E-state index in [9.17, 15) is 19.2 Å². The zero-order chi connectivity index (χ0) is 19.3. The number of carbonyl (C=O) groups excluding carboxylic acids is 4. The molecule has 0 N–H and O–H groups in total. The minimum absolute atomic E-state index is 0.0740. The molecule has 142 valence electrons. The van der Waals surface area contributed by atoms with Crippen LogP contribution in [0.3, 0.4) is 0 Å². The number of hydrogen-bond acceptors (Lipinski definition) is 8. The van der Waals surface area contributed by atoms with Crippen LogP contribution in [0, 0.1) is 0 Å². The normalized spacial score (nSPS) is 10.5. The van der Waals surface area contributed by atoms with Gasteiger partial charge in [0.05, 0.1) is 19.4 Å². The molecule has 0 bridgehead atoms. The SMILES string of the molecule is C=CC(=O)OCCOC(=O)CCC(=O)OCCCC(=O)OC(C)(C)C. The summed E-state index contributed by atoms with van der Waals surface area (Å²) in [6, 6.07) is 0. The molecular weight excluding hydrogens is 332 g/mol. The zero-order valence-corrected chi connectivity index (χ0v) is 15.0. The van der Waals surface area contributed by atoms with Gasteiger partial charge in [0.1, 0.15) is 18.8 Å². The fraction of sp³-hybridized carbons (Fsp3) is 0.647. The van der Waals surface area contributed by atoms with Gasteiger partial charge in [-0.1, -0.05) is 6.58 Å². The van der Waals surface area contributed by atoms with Crippen LogP contribution in [0.25, 0.3) is 0 Å². The Labute approximate surface area is 147 Å². The van der Waals surface area contributed by atoms with Gasteiger partial charge in [0.15, 0.2) is 0 Å². The summed E-state index contributed by atoms with van der Waals surface area (Å²) in [5.41, 5.74) is -0.544. The van der Waals surface area contributed by atoms with Crippen LogP contribution in [-0.4, -0.2) is 49.3 Å². The molecule has 0 unspecified atom stereocenters. The van der Waals surface area contributed by atoms with E-state index in [2.05, 4.69) is 11.3 Å². The van der Waals surface area contributed by atoms with Gasteiger partial charge in [0.25, 0.3) is 0 Å². The molecule has 0 aliphatic carbocycles. The Morgan fingerprint density at radius 1 is 0.800 bits per heavy atom. The van der Waals surface area contributed by atoms with Gasteiger partial charge in [-0.05, 0) is 27.2 Å². The van der Waals surface area contributed by atoms with E-state index in [1.54, 1.807) is 20.8 Å². The molecule has 8 nitrogen and oxygen atoms in total. The third kappa shape index (κ3) is 14.9. The average Bonchev–Trinajstić information content (AvgIpc) is 2.51. The van der Waals surface area contributed by atoms with Crippen molar-refractivity contribution in [1.29, 1.82) is 0 Å². The summed E-state index contributed by atoms with van der Waals surface area (Å²) in [4.78, 5) is 45.0. The summed E-state index contributed by atoms with van der Waals surface area (Å²) in [5.74, 6) is -2.12. The van der Waals surface area contributed by atoms with E-state index in [1.165, 1.54) is 0 Å². The molecule has 25 heavy (non-hydrogen) atoms. The van der Waals surface area contributed by atoms with Crippen molar-refractivity contribution in [3.8, 4) is 0 Å². The number of hydrogen-bond donors (Lipinski definition) is 0. The Bertz CT molecular complexity index is 476. The molecule has 8 heteroatoms. The van der Waals surface area contributed by atoms with Crippen molar-refractivity contribution in [3.63, 3.8) is 0 Å². The van der Waals surface area contributed by atoms with Crippen molar-refractivity contribution < 1.29 is 38.1 Å². The maximum atomic E-state index is 11.5. The topological polar surface area (TPSA) is 105 Å². The van der Waals surface area contributed by atoms with E-state index >= 15 is 0 Å². The molecule has 0 heterocycles. The second-order valence-electron chi connectivity index (χ2n) is 6.00. The molecule has 0 aliphatic heterocycles. The van der Waals surface area contributed by atoms with E-state index in [0.29, 0.717) is 6.42 Å². The molecule has 0 saturated heterocycles.